The molecular formula is C15H22N2O2. The second-order valence-electron chi connectivity index (χ2n) is 4.67. The number of anilines is 1. The molecule has 1 rings (SSSR count). The highest BCUT2D eigenvalue weighted by atomic mass is 16.5. The van der Waals surface area contributed by atoms with Crippen molar-refractivity contribution >= 4 is 11.6 Å². The van der Waals surface area contributed by atoms with E-state index in [1.165, 1.54) is 0 Å². The van der Waals surface area contributed by atoms with Crippen LogP contribution in [0.1, 0.15) is 13.8 Å². The summed E-state index contributed by atoms with van der Waals surface area (Å²) in [5.74, 6) is 1.05. The van der Waals surface area contributed by atoms with Gasteiger partial charge in [-0.2, -0.15) is 0 Å². The number of benzene rings is 1. The van der Waals surface area contributed by atoms with Gasteiger partial charge in [0.25, 0.3) is 0 Å². The van der Waals surface area contributed by atoms with Crippen molar-refractivity contribution in [2.24, 2.45) is 5.92 Å². The third-order valence-corrected chi connectivity index (χ3v) is 2.31. The lowest BCUT2D eigenvalue weighted by Crippen LogP contribution is -2.28. The molecule has 0 spiro atoms. The summed E-state index contributed by atoms with van der Waals surface area (Å²) in [7, 11) is 0. The molecule has 2 N–H and O–H groups in total. The van der Waals surface area contributed by atoms with Crippen LogP contribution in [0.25, 0.3) is 0 Å². The highest BCUT2D eigenvalue weighted by Crippen LogP contribution is 2.24. The van der Waals surface area contributed by atoms with Crippen molar-refractivity contribution in [3.8, 4) is 5.75 Å². The van der Waals surface area contributed by atoms with E-state index in [0.29, 0.717) is 30.5 Å². The summed E-state index contributed by atoms with van der Waals surface area (Å²) >= 11 is 0. The van der Waals surface area contributed by atoms with Crippen molar-refractivity contribution in [3.05, 3.63) is 36.9 Å². The van der Waals surface area contributed by atoms with Crippen molar-refractivity contribution in [1.82, 2.24) is 5.32 Å². The fraction of sp³-hybridized carbons (Fsp3) is 0.400. The molecule has 4 heteroatoms. The molecule has 19 heavy (non-hydrogen) atoms. The summed E-state index contributed by atoms with van der Waals surface area (Å²) in [5.41, 5.74) is 0.702. The Balaban J connectivity index is 2.56. The van der Waals surface area contributed by atoms with Crippen LogP contribution < -0.4 is 15.4 Å². The standard InChI is InChI=1S/C15H22N2O2/c1-4-9-16-10-15(18)17-13-7-5-6-8-14(13)19-11-12(2)3/h4-8,12,16H,1,9-11H2,2-3H3,(H,17,18). The summed E-state index contributed by atoms with van der Waals surface area (Å²) in [4.78, 5) is 11.7. The van der Waals surface area contributed by atoms with Gasteiger partial charge in [-0.3, -0.25) is 4.79 Å². The van der Waals surface area contributed by atoms with Gasteiger partial charge in [-0.25, -0.2) is 0 Å². The smallest absolute Gasteiger partial charge is 0.238 e. The topological polar surface area (TPSA) is 50.4 Å². The molecule has 0 saturated carbocycles. The zero-order valence-corrected chi connectivity index (χ0v) is 11.6. The molecule has 1 aromatic carbocycles. The van der Waals surface area contributed by atoms with Crippen LogP contribution in [0.2, 0.25) is 0 Å². The zero-order chi connectivity index (χ0) is 14.1. The molecule has 104 valence electrons. The maximum atomic E-state index is 11.7. The summed E-state index contributed by atoms with van der Waals surface area (Å²) in [6, 6.07) is 7.45. The number of hydrogen-bond donors (Lipinski definition) is 2. The van der Waals surface area contributed by atoms with Crippen LogP contribution in [-0.2, 0) is 4.79 Å². The monoisotopic (exact) mass is 262 g/mol. The second-order valence-corrected chi connectivity index (χ2v) is 4.67. The first-order chi connectivity index (χ1) is 9.13. The first-order valence-corrected chi connectivity index (χ1v) is 6.46. The lowest BCUT2D eigenvalue weighted by molar-refractivity contribution is -0.115. The highest BCUT2D eigenvalue weighted by molar-refractivity contribution is 5.93. The fourth-order valence-electron chi connectivity index (χ4n) is 1.43. The average Bonchev–Trinajstić information content (AvgIpc) is 2.38. The van der Waals surface area contributed by atoms with E-state index >= 15 is 0 Å². The van der Waals surface area contributed by atoms with Crippen molar-refractivity contribution in [2.45, 2.75) is 13.8 Å². The SMILES string of the molecule is C=CCNCC(=O)Nc1ccccc1OCC(C)C. The Morgan fingerprint density at radius 3 is 2.84 bits per heavy atom. The van der Waals surface area contributed by atoms with E-state index in [-0.39, 0.29) is 12.5 Å². The van der Waals surface area contributed by atoms with E-state index in [1.807, 2.05) is 24.3 Å². The first-order valence-electron chi connectivity index (χ1n) is 6.46. The highest BCUT2D eigenvalue weighted by Gasteiger charge is 2.07. The van der Waals surface area contributed by atoms with Crippen LogP contribution >= 0.6 is 0 Å². The van der Waals surface area contributed by atoms with Crippen LogP contribution in [-0.4, -0.2) is 25.6 Å². The number of carbonyl (C=O) groups is 1. The molecule has 1 amide bonds. The van der Waals surface area contributed by atoms with Gasteiger partial charge < -0.3 is 15.4 Å². The third-order valence-electron chi connectivity index (χ3n) is 2.31. The van der Waals surface area contributed by atoms with E-state index in [4.69, 9.17) is 4.74 Å². The molecule has 0 aliphatic rings. The molecular weight excluding hydrogens is 240 g/mol. The van der Waals surface area contributed by atoms with Gasteiger partial charge in [0, 0.05) is 6.54 Å². The van der Waals surface area contributed by atoms with Crippen LogP contribution in [0.15, 0.2) is 36.9 Å². The van der Waals surface area contributed by atoms with Gasteiger partial charge in [0.05, 0.1) is 18.8 Å². The number of nitrogens with one attached hydrogen (secondary N) is 2. The summed E-state index contributed by atoms with van der Waals surface area (Å²) in [6.45, 7) is 9.24. The summed E-state index contributed by atoms with van der Waals surface area (Å²) in [6.07, 6.45) is 1.72. The van der Waals surface area contributed by atoms with Gasteiger partial charge in [-0.1, -0.05) is 32.1 Å². The average molecular weight is 262 g/mol. The van der Waals surface area contributed by atoms with Crippen molar-refractivity contribution in [3.63, 3.8) is 0 Å². The van der Waals surface area contributed by atoms with Crippen molar-refractivity contribution in [2.75, 3.05) is 25.0 Å². The van der Waals surface area contributed by atoms with Gasteiger partial charge in [0.2, 0.25) is 5.91 Å². The van der Waals surface area contributed by atoms with Gasteiger partial charge in [-0.05, 0) is 18.1 Å². The molecule has 0 aromatic heterocycles. The molecule has 0 aliphatic carbocycles. The minimum Gasteiger partial charge on any atom is -0.491 e. The predicted octanol–water partition coefficient (Wildman–Crippen LogP) is 2.44. The van der Waals surface area contributed by atoms with Crippen LogP contribution in [0.3, 0.4) is 0 Å². The molecule has 0 radical (unpaired) electrons. The van der Waals surface area contributed by atoms with E-state index in [9.17, 15) is 4.79 Å². The molecule has 0 unspecified atom stereocenters. The molecule has 0 aliphatic heterocycles. The predicted molar refractivity (Wildman–Crippen MR) is 78.5 cm³/mol. The Hall–Kier alpha value is -1.81. The number of rotatable bonds is 8. The quantitative estimate of drug-likeness (QED) is 0.559. The molecule has 4 nitrogen and oxygen atoms in total. The van der Waals surface area contributed by atoms with Crippen LogP contribution in [0.5, 0.6) is 5.75 Å². The number of carbonyl (C=O) groups excluding carboxylic acids is 1. The van der Waals surface area contributed by atoms with Gasteiger partial charge in [-0.15, -0.1) is 6.58 Å². The van der Waals surface area contributed by atoms with E-state index in [2.05, 4.69) is 31.1 Å². The molecule has 0 fully saturated rings. The summed E-state index contributed by atoms with van der Waals surface area (Å²) < 4.78 is 5.67. The van der Waals surface area contributed by atoms with Crippen molar-refractivity contribution in [1.29, 1.82) is 0 Å². The van der Waals surface area contributed by atoms with E-state index < -0.39 is 0 Å². The minimum absolute atomic E-state index is 0.0950. The Bertz CT molecular complexity index is 416. The second kappa shape index (κ2) is 8.32. The first kappa shape index (κ1) is 15.2. The van der Waals surface area contributed by atoms with E-state index in [0.717, 1.165) is 0 Å². The van der Waals surface area contributed by atoms with Gasteiger partial charge >= 0.3 is 0 Å². The Morgan fingerprint density at radius 1 is 1.42 bits per heavy atom. The molecule has 0 atom stereocenters. The van der Waals surface area contributed by atoms with Gasteiger partial charge in [0.15, 0.2) is 0 Å². The molecule has 0 heterocycles. The lowest BCUT2D eigenvalue weighted by atomic mass is 10.2. The lowest BCUT2D eigenvalue weighted by Gasteiger charge is -2.13. The Kier molecular flexibility index (Phi) is 6.68. The Morgan fingerprint density at radius 2 is 2.16 bits per heavy atom. The maximum absolute atomic E-state index is 11.7. The molecule has 0 bridgehead atoms. The van der Waals surface area contributed by atoms with Crippen molar-refractivity contribution < 1.29 is 9.53 Å². The summed E-state index contributed by atoms with van der Waals surface area (Å²) in [5, 5.41) is 5.79. The fourth-order valence-corrected chi connectivity index (χ4v) is 1.43. The molecule has 1 aromatic rings. The van der Waals surface area contributed by atoms with E-state index in [1.54, 1.807) is 6.08 Å². The zero-order valence-electron chi connectivity index (χ0n) is 11.6. The van der Waals surface area contributed by atoms with Crippen LogP contribution in [0, 0.1) is 5.92 Å². The number of ether oxygens (including phenoxy) is 1. The molecule has 0 saturated heterocycles. The number of amides is 1. The Labute approximate surface area is 114 Å². The van der Waals surface area contributed by atoms with Crippen LogP contribution in [0.4, 0.5) is 5.69 Å². The van der Waals surface area contributed by atoms with Gasteiger partial charge in [0.1, 0.15) is 5.75 Å². The largest absolute Gasteiger partial charge is 0.491 e. The maximum Gasteiger partial charge on any atom is 0.238 e. The minimum atomic E-state index is -0.0950. The number of para-hydroxylation sites is 2. The normalized spacial score (nSPS) is 10.3. The number of hydrogen-bond acceptors (Lipinski definition) is 3. The third kappa shape index (κ3) is 6.06.